The van der Waals surface area contributed by atoms with Crippen LogP contribution in [0.15, 0.2) is 24.7 Å². The maximum atomic E-state index is 7.28. The van der Waals surface area contributed by atoms with Gasteiger partial charge in [0.05, 0.1) is 39.7 Å². The van der Waals surface area contributed by atoms with E-state index in [1.54, 1.807) is 12.1 Å². The van der Waals surface area contributed by atoms with Gasteiger partial charge < -0.3 is 20.2 Å². The van der Waals surface area contributed by atoms with Crippen LogP contribution >= 0.6 is 0 Å². The first-order valence-electron chi connectivity index (χ1n) is 8.49. The number of ether oxygens (including phenoxy) is 2. The molecule has 0 bridgehead atoms. The van der Waals surface area contributed by atoms with Crippen LogP contribution in [0.5, 0.6) is 11.8 Å². The summed E-state index contributed by atoms with van der Waals surface area (Å²) in [5.74, 6) is -0.427. The zero-order chi connectivity index (χ0) is 19.1. The monoisotopic (exact) mass is 277 g/mol. The summed E-state index contributed by atoms with van der Waals surface area (Å²) in [5.41, 5.74) is 6.47. The van der Waals surface area contributed by atoms with Gasteiger partial charge in [0.2, 0.25) is 11.8 Å². The van der Waals surface area contributed by atoms with Gasteiger partial charge in [0.25, 0.3) is 0 Å². The van der Waals surface area contributed by atoms with E-state index < -0.39 is 14.1 Å². The van der Waals surface area contributed by atoms with E-state index in [0.29, 0.717) is 10.9 Å². The van der Waals surface area contributed by atoms with E-state index in [1.807, 2.05) is 0 Å². The number of pyridine rings is 1. The number of nitrogen functional groups attached to an aromatic ring is 1. The normalized spacial score (nSPS) is 16.4. The Bertz CT molecular complexity index is 918. The largest absolute Gasteiger partial charge is 0.480 e. The van der Waals surface area contributed by atoms with Crippen molar-refractivity contribution < 1.29 is 17.7 Å². The summed E-state index contributed by atoms with van der Waals surface area (Å²) < 4.78 is 53.4. The van der Waals surface area contributed by atoms with Gasteiger partial charge in [-0.25, -0.2) is 15.0 Å². The van der Waals surface area contributed by atoms with Crippen LogP contribution in [0.3, 0.4) is 0 Å². The van der Waals surface area contributed by atoms with Gasteiger partial charge >= 0.3 is 0 Å². The minimum atomic E-state index is -2.81. The molecule has 102 valence electrons. The van der Waals surface area contributed by atoms with Gasteiger partial charge in [-0.05, 0) is 12.1 Å². The predicted octanol–water partition coefficient (Wildman–Crippen LogP) is 1.62. The van der Waals surface area contributed by atoms with Crippen LogP contribution in [-0.4, -0.2) is 34.0 Å². The first-order valence-corrected chi connectivity index (χ1v) is 5.49. The van der Waals surface area contributed by atoms with Crippen molar-refractivity contribution >= 4 is 16.7 Å². The van der Waals surface area contributed by atoms with Gasteiger partial charge in [-0.2, -0.15) is 0 Å². The lowest BCUT2D eigenvalue weighted by atomic mass is 10.2. The van der Waals surface area contributed by atoms with Gasteiger partial charge in [-0.15, -0.1) is 0 Å². The van der Waals surface area contributed by atoms with Crippen molar-refractivity contribution in [3.8, 4) is 23.0 Å². The highest BCUT2D eigenvalue weighted by Crippen LogP contribution is 2.35. The summed E-state index contributed by atoms with van der Waals surface area (Å²) in [5, 5.41) is 0.663. The Morgan fingerprint density at radius 1 is 1.15 bits per heavy atom. The molecular formula is C13H13N5O2. The third kappa shape index (κ3) is 1.89. The van der Waals surface area contributed by atoms with Crippen LogP contribution in [0, 0.1) is 0 Å². The number of nitrogens with one attached hydrogen (secondary N) is 1. The highest BCUT2D eigenvalue weighted by molar-refractivity contribution is 5.88. The molecule has 3 heterocycles. The number of methoxy groups -OCH3 is 2. The quantitative estimate of drug-likeness (QED) is 0.754. The minimum absolute atomic E-state index is 0.0467. The number of nitrogens with two attached hydrogens (primary N) is 1. The number of aromatic nitrogens is 4. The molecule has 0 saturated heterocycles. The molecule has 3 aromatic rings. The van der Waals surface area contributed by atoms with Crippen LogP contribution in [0.2, 0.25) is 0 Å². The second kappa shape index (κ2) is 4.69. The average molecular weight is 277 g/mol. The van der Waals surface area contributed by atoms with Gasteiger partial charge in [-0.1, -0.05) is 0 Å². The topological polar surface area (TPSA) is 98.9 Å². The Morgan fingerprint density at radius 2 is 1.90 bits per heavy atom. The van der Waals surface area contributed by atoms with Crippen LogP contribution in [0.25, 0.3) is 22.2 Å². The van der Waals surface area contributed by atoms with E-state index in [4.69, 9.17) is 23.4 Å². The lowest BCUT2D eigenvalue weighted by Gasteiger charge is -2.08. The lowest BCUT2D eigenvalue weighted by molar-refractivity contribution is 0.374. The second-order valence-electron chi connectivity index (χ2n) is 3.94. The number of H-pyrrole nitrogens is 1. The molecule has 0 unspecified atom stereocenters. The molecular weight excluding hydrogens is 258 g/mol. The van der Waals surface area contributed by atoms with Gasteiger partial charge in [0, 0.05) is 5.39 Å². The molecule has 3 rings (SSSR count). The lowest BCUT2D eigenvalue weighted by Crippen LogP contribution is -1.98. The van der Waals surface area contributed by atoms with Crippen molar-refractivity contribution in [2.24, 2.45) is 0 Å². The molecule has 0 radical (unpaired) electrons. The smallest absolute Gasteiger partial charge is 0.229 e. The van der Waals surface area contributed by atoms with E-state index in [0.717, 1.165) is 6.33 Å². The summed E-state index contributed by atoms with van der Waals surface area (Å²) in [4.78, 5) is 14.5. The van der Waals surface area contributed by atoms with E-state index in [2.05, 4.69) is 19.9 Å². The highest BCUT2D eigenvalue weighted by Gasteiger charge is 2.17. The standard InChI is InChI=1S/C13H13N5O2/c1-19-12-11(13(20-2)17-6-16-12)8-3-7-4-10(14)15-5-9(7)18-8/h3-6,18H,1-2H3,(H2,14,15)/i1D3,2D3. The summed E-state index contributed by atoms with van der Waals surface area (Å²) in [7, 11) is -5.61. The second-order valence-corrected chi connectivity index (χ2v) is 3.94. The molecule has 0 aliphatic rings. The van der Waals surface area contributed by atoms with Crippen molar-refractivity contribution in [1.29, 1.82) is 0 Å². The fourth-order valence-corrected chi connectivity index (χ4v) is 1.92. The Labute approximate surface area is 123 Å². The Balaban J connectivity index is 2.20. The third-order valence-corrected chi connectivity index (χ3v) is 2.77. The van der Waals surface area contributed by atoms with Gasteiger partial charge in [-0.3, -0.25) is 0 Å². The van der Waals surface area contributed by atoms with E-state index in [9.17, 15) is 0 Å². The Morgan fingerprint density at radius 3 is 2.60 bits per heavy atom. The molecule has 0 spiro atoms. The number of nitrogens with zero attached hydrogens (tertiary/aromatic N) is 3. The fraction of sp³-hybridized carbons (Fsp3) is 0.154. The number of anilines is 1. The summed E-state index contributed by atoms with van der Waals surface area (Å²) >= 11 is 0. The fourth-order valence-electron chi connectivity index (χ4n) is 1.92. The highest BCUT2D eigenvalue weighted by atomic mass is 16.5. The molecule has 7 nitrogen and oxygen atoms in total. The van der Waals surface area contributed by atoms with Gasteiger partial charge in [0.1, 0.15) is 17.7 Å². The minimum Gasteiger partial charge on any atom is -0.480 e. The molecule has 0 amide bonds. The first-order chi connectivity index (χ1) is 12.0. The van der Waals surface area contributed by atoms with Crippen molar-refractivity contribution in [2.45, 2.75) is 0 Å². The number of fused-ring (bicyclic) bond motifs is 1. The SMILES string of the molecule is [2H]C([2H])([2H])Oc1ncnc(OC([2H])([2H])[2H])c1-c1cc2cc(N)ncc2[nH]1. The molecule has 0 aliphatic heterocycles. The van der Waals surface area contributed by atoms with E-state index in [-0.39, 0.29) is 28.8 Å². The maximum absolute atomic E-state index is 7.28. The third-order valence-electron chi connectivity index (χ3n) is 2.77. The summed E-state index contributed by atoms with van der Waals surface area (Å²) in [6.07, 6.45) is 2.43. The maximum Gasteiger partial charge on any atom is 0.229 e. The average Bonchev–Trinajstić information content (AvgIpc) is 2.86. The van der Waals surface area contributed by atoms with Crippen molar-refractivity contribution in [3.63, 3.8) is 0 Å². The first kappa shape index (κ1) is 7.09. The Kier molecular flexibility index (Phi) is 1.66. The predicted molar refractivity (Wildman–Crippen MR) is 74.6 cm³/mol. The number of rotatable bonds is 3. The van der Waals surface area contributed by atoms with Crippen LogP contribution in [0.1, 0.15) is 8.22 Å². The summed E-state index contributed by atoms with van der Waals surface area (Å²) in [6.45, 7) is 0. The molecule has 3 aromatic heterocycles. The number of hydrogen-bond acceptors (Lipinski definition) is 6. The molecule has 0 saturated carbocycles. The molecule has 3 N–H and O–H groups in total. The molecule has 0 fully saturated rings. The summed E-state index contributed by atoms with van der Waals surface area (Å²) in [6, 6.07) is 3.19. The van der Waals surface area contributed by atoms with Gasteiger partial charge in [0.15, 0.2) is 0 Å². The molecule has 0 atom stereocenters. The van der Waals surface area contributed by atoms with Crippen LogP contribution in [-0.2, 0) is 0 Å². The van der Waals surface area contributed by atoms with Crippen molar-refractivity contribution in [1.82, 2.24) is 19.9 Å². The number of hydrogen-bond donors (Lipinski definition) is 2. The van der Waals surface area contributed by atoms with E-state index in [1.165, 1.54) is 6.20 Å². The molecule has 0 aliphatic carbocycles. The molecule has 7 heteroatoms. The van der Waals surface area contributed by atoms with Crippen molar-refractivity contribution in [3.05, 3.63) is 24.7 Å². The van der Waals surface area contributed by atoms with Crippen LogP contribution < -0.4 is 15.2 Å². The Hall–Kier alpha value is -2.83. The molecule has 0 aromatic carbocycles. The number of aromatic amines is 1. The zero-order valence-electron chi connectivity index (χ0n) is 16.0. The van der Waals surface area contributed by atoms with E-state index >= 15 is 0 Å². The van der Waals surface area contributed by atoms with Crippen LogP contribution in [0.4, 0.5) is 5.82 Å². The zero-order valence-corrected chi connectivity index (χ0v) is 10.0. The van der Waals surface area contributed by atoms with Crippen molar-refractivity contribution in [2.75, 3.05) is 19.8 Å². The molecule has 20 heavy (non-hydrogen) atoms.